The second kappa shape index (κ2) is 5.80. The number of nitrogens with zero attached hydrogens (tertiary/aromatic N) is 4. The summed E-state index contributed by atoms with van der Waals surface area (Å²) < 4.78 is 0. The SMILES string of the molecule is CC(=O)C1/C(=N/N(C)C)CCC/C1=N\N(C)C. The van der Waals surface area contributed by atoms with Gasteiger partial charge in [-0.1, -0.05) is 0 Å². The van der Waals surface area contributed by atoms with Crippen molar-refractivity contribution in [3.05, 3.63) is 0 Å². The molecule has 1 saturated carbocycles. The molecule has 1 rings (SSSR count). The molecule has 0 N–H and O–H groups in total. The standard InChI is InChI=1S/C12H22N4O/c1-9(17)12-10(13-15(2)3)7-6-8-11(12)14-16(4)5/h12H,6-8H2,1-5H3/b13-10+,14-11+. The first kappa shape index (κ1) is 13.7. The van der Waals surface area contributed by atoms with Crippen LogP contribution in [0.15, 0.2) is 10.2 Å². The van der Waals surface area contributed by atoms with Crippen LogP contribution in [-0.2, 0) is 4.79 Å². The molecular weight excluding hydrogens is 216 g/mol. The highest BCUT2D eigenvalue weighted by molar-refractivity contribution is 6.23. The van der Waals surface area contributed by atoms with Crippen LogP contribution in [0.4, 0.5) is 0 Å². The van der Waals surface area contributed by atoms with Gasteiger partial charge in [-0.25, -0.2) is 0 Å². The minimum absolute atomic E-state index is 0.130. The van der Waals surface area contributed by atoms with E-state index in [1.807, 2.05) is 28.2 Å². The fourth-order valence-corrected chi connectivity index (χ4v) is 2.13. The maximum atomic E-state index is 11.8. The Balaban J connectivity index is 3.05. The molecule has 0 aromatic heterocycles. The van der Waals surface area contributed by atoms with Crippen molar-refractivity contribution in [2.24, 2.45) is 16.1 Å². The van der Waals surface area contributed by atoms with E-state index < -0.39 is 0 Å². The van der Waals surface area contributed by atoms with Crippen molar-refractivity contribution in [3.8, 4) is 0 Å². The van der Waals surface area contributed by atoms with Crippen LogP contribution in [0.5, 0.6) is 0 Å². The first-order chi connectivity index (χ1) is 7.91. The van der Waals surface area contributed by atoms with Gasteiger partial charge in [-0.3, -0.25) is 4.79 Å². The molecule has 5 heteroatoms. The first-order valence-electron chi connectivity index (χ1n) is 5.91. The van der Waals surface area contributed by atoms with Crippen LogP contribution < -0.4 is 0 Å². The Morgan fingerprint density at radius 2 is 1.47 bits per heavy atom. The van der Waals surface area contributed by atoms with Gasteiger partial charge >= 0.3 is 0 Å². The molecule has 5 nitrogen and oxygen atoms in total. The predicted molar refractivity (Wildman–Crippen MR) is 70.3 cm³/mol. The van der Waals surface area contributed by atoms with E-state index in [1.54, 1.807) is 16.9 Å². The highest BCUT2D eigenvalue weighted by Crippen LogP contribution is 2.21. The largest absolute Gasteiger partial charge is 0.303 e. The van der Waals surface area contributed by atoms with E-state index in [4.69, 9.17) is 0 Å². The minimum atomic E-state index is -0.228. The van der Waals surface area contributed by atoms with Crippen LogP contribution in [0.3, 0.4) is 0 Å². The van der Waals surface area contributed by atoms with Crippen molar-refractivity contribution in [3.63, 3.8) is 0 Å². The Morgan fingerprint density at radius 3 is 1.76 bits per heavy atom. The second-order valence-corrected chi connectivity index (χ2v) is 4.77. The fourth-order valence-electron chi connectivity index (χ4n) is 2.13. The zero-order chi connectivity index (χ0) is 13.0. The normalized spacial score (nSPS) is 25.1. The zero-order valence-electron chi connectivity index (χ0n) is 11.4. The van der Waals surface area contributed by atoms with Crippen LogP contribution in [0.1, 0.15) is 26.2 Å². The molecule has 0 saturated heterocycles. The Bertz CT molecular complexity index is 318. The summed E-state index contributed by atoms with van der Waals surface area (Å²) in [5, 5.41) is 12.4. The summed E-state index contributed by atoms with van der Waals surface area (Å²) >= 11 is 0. The van der Waals surface area contributed by atoms with Crippen molar-refractivity contribution in [1.29, 1.82) is 0 Å². The zero-order valence-corrected chi connectivity index (χ0v) is 11.4. The highest BCUT2D eigenvalue weighted by Gasteiger charge is 2.31. The lowest BCUT2D eigenvalue weighted by molar-refractivity contribution is -0.117. The molecule has 0 unspecified atom stereocenters. The molecule has 1 aliphatic carbocycles. The summed E-state index contributed by atoms with van der Waals surface area (Å²) in [5.41, 5.74) is 1.88. The molecule has 0 spiro atoms. The van der Waals surface area contributed by atoms with Crippen LogP contribution in [0.2, 0.25) is 0 Å². The smallest absolute Gasteiger partial charge is 0.144 e. The molecule has 96 valence electrons. The van der Waals surface area contributed by atoms with E-state index in [0.29, 0.717) is 0 Å². The molecule has 0 aliphatic heterocycles. The van der Waals surface area contributed by atoms with Gasteiger partial charge in [0.1, 0.15) is 5.78 Å². The van der Waals surface area contributed by atoms with Gasteiger partial charge in [-0.2, -0.15) is 10.2 Å². The third-order valence-electron chi connectivity index (χ3n) is 2.60. The van der Waals surface area contributed by atoms with Crippen molar-refractivity contribution < 1.29 is 4.79 Å². The molecule has 17 heavy (non-hydrogen) atoms. The number of Topliss-reactive ketones (excluding diaryl/α,β-unsaturated/α-hetero) is 1. The average molecular weight is 238 g/mol. The van der Waals surface area contributed by atoms with Gasteiger partial charge in [0.2, 0.25) is 0 Å². The van der Waals surface area contributed by atoms with Gasteiger partial charge < -0.3 is 10.0 Å². The molecule has 0 atom stereocenters. The number of carbonyl (C=O) groups is 1. The summed E-state index contributed by atoms with van der Waals surface area (Å²) in [6, 6.07) is 0. The Hall–Kier alpha value is -1.39. The third-order valence-corrected chi connectivity index (χ3v) is 2.60. The van der Waals surface area contributed by atoms with Gasteiger partial charge in [-0.15, -0.1) is 0 Å². The van der Waals surface area contributed by atoms with Crippen molar-refractivity contribution in [2.45, 2.75) is 26.2 Å². The molecule has 1 aliphatic rings. The second-order valence-electron chi connectivity index (χ2n) is 4.77. The molecule has 0 radical (unpaired) electrons. The van der Waals surface area contributed by atoms with Gasteiger partial charge in [0.15, 0.2) is 0 Å². The maximum absolute atomic E-state index is 11.8. The lowest BCUT2D eigenvalue weighted by Gasteiger charge is -2.26. The van der Waals surface area contributed by atoms with E-state index in [2.05, 4.69) is 10.2 Å². The third kappa shape index (κ3) is 3.84. The summed E-state index contributed by atoms with van der Waals surface area (Å²) in [7, 11) is 7.51. The van der Waals surface area contributed by atoms with Gasteiger partial charge in [0, 0.05) is 28.2 Å². The number of rotatable bonds is 3. The van der Waals surface area contributed by atoms with E-state index in [0.717, 1.165) is 30.7 Å². The van der Waals surface area contributed by atoms with Crippen LogP contribution in [0.25, 0.3) is 0 Å². The Labute approximate surface area is 103 Å². The molecule has 0 aromatic rings. The van der Waals surface area contributed by atoms with Gasteiger partial charge in [0.05, 0.1) is 17.3 Å². The Kier molecular flexibility index (Phi) is 4.66. The number of hydrazone groups is 2. The summed E-state index contributed by atoms with van der Waals surface area (Å²) in [4.78, 5) is 11.8. The van der Waals surface area contributed by atoms with E-state index in [-0.39, 0.29) is 11.7 Å². The summed E-state index contributed by atoms with van der Waals surface area (Å²) in [6.07, 6.45) is 2.78. The lowest BCUT2D eigenvalue weighted by atomic mass is 9.83. The molecular formula is C12H22N4O. The van der Waals surface area contributed by atoms with E-state index in [9.17, 15) is 4.79 Å². The number of carbonyl (C=O) groups excluding carboxylic acids is 1. The molecule has 1 fully saturated rings. The number of hydrogen-bond donors (Lipinski definition) is 0. The monoisotopic (exact) mass is 238 g/mol. The predicted octanol–water partition coefficient (Wildman–Crippen LogP) is 1.21. The molecule has 0 amide bonds. The average Bonchev–Trinajstić information content (AvgIpc) is 2.14. The number of ketones is 1. The fraction of sp³-hybridized carbons (Fsp3) is 0.750. The van der Waals surface area contributed by atoms with Gasteiger partial charge in [0.25, 0.3) is 0 Å². The highest BCUT2D eigenvalue weighted by atomic mass is 16.1. The van der Waals surface area contributed by atoms with E-state index in [1.165, 1.54) is 0 Å². The van der Waals surface area contributed by atoms with Crippen molar-refractivity contribution in [2.75, 3.05) is 28.2 Å². The van der Waals surface area contributed by atoms with Crippen LogP contribution in [0, 0.1) is 5.92 Å². The van der Waals surface area contributed by atoms with Crippen molar-refractivity contribution >= 4 is 17.2 Å². The van der Waals surface area contributed by atoms with Crippen LogP contribution >= 0.6 is 0 Å². The van der Waals surface area contributed by atoms with Crippen LogP contribution in [-0.4, -0.2) is 55.4 Å². The van der Waals surface area contributed by atoms with E-state index >= 15 is 0 Å². The summed E-state index contributed by atoms with van der Waals surface area (Å²) in [5.74, 6) is -0.0977. The molecule has 0 heterocycles. The minimum Gasteiger partial charge on any atom is -0.303 e. The molecule has 0 aromatic carbocycles. The topological polar surface area (TPSA) is 48.3 Å². The van der Waals surface area contributed by atoms with Gasteiger partial charge in [-0.05, 0) is 26.2 Å². The Morgan fingerprint density at radius 1 is 1.06 bits per heavy atom. The van der Waals surface area contributed by atoms with Crippen molar-refractivity contribution in [1.82, 2.24) is 10.0 Å². The summed E-state index contributed by atoms with van der Waals surface area (Å²) in [6.45, 7) is 1.62. The number of hydrogen-bond acceptors (Lipinski definition) is 5. The lowest BCUT2D eigenvalue weighted by Crippen LogP contribution is -2.36. The molecule has 0 bridgehead atoms. The maximum Gasteiger partial charge on any atom is 0.144 e. The quantitative estimate of drug-likeness (QED) is 0.694. The first-order valence-corrected chi connectivity index (χ1v) is 5.91.